The Morgan fingerprint density at radius 2 is 2.09 bits per heavy atom. The molecule has 1 aromatic carbocycles. The quantitative estimate of drug-likeness (QED) is 0.804. The summed E-state index contributed by atoms with van der Waals surface area (Å²) in [6, 6.07) is 7.74. The zero-order valence-electron chi connectivity index (χ0n) is 12.4. The van der Waals surface area contributed by atoms with E-state index in [-0.39, 0.29) is 0 Å². The van der Waals surface area contributed by atoms with Gasteiger partial charge in [-0.2, -0.15) is 4.68 Å². The van der Waals surface area contributed by atoms with Crippen molar-refractivity contribution in [2.75, 3.05) is 38.7 Å². The van der Waals surface area contributed by atoms with Crippen LogP contribution in [0.1, 0.15) is 0 Å². The third kappa shape index (κ3) is 3.83. The van der Waals surface area contributed by atoms with Crippen molar-refractivity contribution in [3.05, 3.63) is 28.2 Å². The second-order valence-electron chi connectivity index (χ2n) is 5.05. The maximum absolute atomic E-state index is 5.41. The molecule has 0 spiro atoms. The topological polar surface area (TPSA) is 52.8 Å². The van der Waals surface area contributed by atoms with Gasteiger partial charge in [0, 0.05) is 5.69 Å². The first-order valence-electron chi connectivity index (χ1n) is 7.15. The molecule has 1 fully saturated rings. The molecule has 0 bridgehead atoms. The van der Waals surface area contributed by atoms with Gasteiger partial charge in [-0.3, -0.25) is 0 Å². The van der Waals surface area contributed by atoms with Gasteiger partial charge in [0.15, 0.2) is 10.6 Å². The molecule has 2 N–H and O–H groups in total. The predicted octanol–water partition coefficient (Wildman–Crippen LogP) is 1.30. The number of quaternary nitrogens is 1. The first kappa shape index (κ1) is 15.4. The zero-order chi connectivity index (χ0) is 15.4. The standard InChI is InChI=1S/C14H18N4O2S2/c1-19-12-4-2-11(3-5-12)15-13-16-18(14(21)22-13)10-17-6-8-20-9-7-17/h2-5H,6-10H2,1H3,(H,15,16)/p+1. The number of methoxy groups -OCH3 is 1. The summed E-state index contributed by atoms with van der Waals surface area (Å²) in [4.78, 5) is 1.45. The summed E-state index contributed by atoms with van der Waals surface area (Å²) in [5, 5.41) is 8.66. The van der Waals surface area contributed by atoms with E-state index in [9.17, 15) is 0 Å². The minimum Gasteiger partial charge on any atom is -0.497 e. The molecule has 2 aromatic rings. The number of ether oxygens (including phenoxy) is 2. The van der Waals surface area contributed by atoms with E-state index in [0.29, 0.717) is 0 Å². The summed E-state index contributed by atoms with van der Waals surface area (Å²) in [6.07, 6.45) is 0. The highest BCUT2D eigenvalue weighted by molar-refractivity contribution is 7.73. The minimum atomic E-state index is 0.787. The van der Waals surface area contributed by atoms with Crippen LogP contribution in [0, 0.1) is 3.95 Å². The highest BCUT2D eigenvalue weighted by Gasteiger charge is 2.16. The van der Waals surface area contributed by atoms with Crippen LogP contribution in [0.5, 0.6) is 5.75 Å². The van der Waals surface area contributed by atoms with Crippen LogP contribution in [0.2, 0.25) is 0 Å². The number of aromatic nitrogens is 2. The van der Waals surface area contributed by atoms with Gasteiger partial charge in [-0.15, -0.1) is 5.10 Å². The Morgan fingerprint density at radius 3 is 2.77 bits per heavy atom. The molecule has 0 aliphatic carbocycles. The molecule has 0 saturated carbocycles. The molecule has 3 rings (SSSR count). The van der Waals surface area contributed by atoms with Crippen LogP contribution in [-0.2, 0) is 11.4 Å². The van der Waals surface area contributed by atoms with Gasteiger partial charge in [0.05, 0.1) is 20.3 Å². The van der Waals surface area contributed by atoms with E-state index in [0.717, 1.165) is 53.5 Å². The summed E-state index contributed by atoms with van der Waals surface area (Å²) in [6.45, 7) is 4.41. The molecule has 1 aromatic heterocycles. The number of anilines is 2. The van der Waals surface area contributed by atoms with Crippen molar-refractivity contribution in [3.63, 3.8) is 0 Å². The second kappa shape index (κ2) is 7.19. The van der Waals surface area contributed by atoms with Gasteiger partial charge in [0.1, 0.15) is 18.8 Å². The monoisotopic (exact) mass is 339 g/mol. The van der Waals surface area contributed by atoms with E-state index >= 15 is 0 Å². The van der Waals surface area contributed by atoms with Gasteiger partial charge in [0.25, 0.3) is 0 Å². The largest absolute Gasteiger partial charge is 0.497 e. The van der Waals surface area contributed by atoms with E-state index in [1.807, 2.05) is 28.9 Å². The van der Waals surface area contributed by atoms with E-state index < -0.39 is 0 Å². The number of benzene rings is 1. The summed E-state index contributed by atoms with van der Waals surface area (Å²) >= 11 is 6.90. The van der Waals surface area contributed by atoms with Gasteiger partial charge >= 0.3 is 0 Å². The van der Waals surface area contributed by atoms with Crippen LogP contribution in [0.25, 0.3) is 0 Å². The molecule has 6 nitrogen and oxygen atoms in total. The van der Waals surface area contributed by atoms with Crippen LogP contribution in [0.3, 0.4) is 0 Å². The van der Waals surface area contributed by atoms with Crippen molar-refractivity contribution in [2.24, 2.45) is 0 Å². The molecule has 2 heterocycles. The van der Waals surface area contributed by atoms with Crippen LogP contribution < -0.4 is 15.0 Å². The smallest absolute Gasteiger partial charge is 0.209 e. The maximum Gasteiger partial charge on any atom is 0.209 e. The van der Waals surface area contributed by atoms with Crippen LogP contribution in [0.4, 0.5) is 10.8 Å². The fourth-order valence-corrected chi connectivity index (χ4v) is 3.31. The number of nitrogens with zero attached hydrogens (tertiary/aromatic N) is 2. The molecule has 8 heteroatoms. The number of hydrogen-bond acceptors (Lipinski definition) is 6. The average Bonchev–Trinajstić information content (AvgIpc) is 2.88. The van der Waals surface area contributed by atoms with Gasteiger partial charge in [0.2, 0.25) is 5.13 Å². The molecule has 0 radical (unpaired) electrons. The van der Waals surface area contributed by atoms with Crippen molar-refractivity contribution in [2.45, 2.75) is 6.67 Å². The third-order valence-electron chi connectivity index (χ3n) is 3.52. The fourth-order valence-electron chi connectivity index (χ4n) is 2.28. The SMILES string of the molecule is COc1ccc(Nc2nn(C[NH+]3CCOCC3)c(=S)s2)cc1. The minimum absolute atomic E-state index is 0.787. The van der Waals surface area contributed by atoms with Crippen molar-refractivity contribution in [1.29, 1.82) is 0 Å². The lowest BCUT2D eigenvalue weighted by Crippen LogP contribution is -3.13. The number of hydrogen-bond donors (Lipinski definition) is 2. The van der Waals surface area contributed by atoms with E-state index in [4.69, 9.17) is 21.7 Å². The summed E-state index contributed by atoms with van der Waals surface area (Å²) < 4.78 is 13.2. The molecular formula is C14H19N4O2S2+. The Morgan fingerprint density at radius 1 is 1.36 bits per heavy atom. The molecule has 1 aliphatic heterocycles. The normalized spacial score (nSPS) is 15.7. The first-order valence-corrected chi connectivity index (χ1v) is 8.37. The molecule has 1 aliphatic rings. The number of rotatable bonds is 5. The third-order valence-corrected chi connectivity index (χ3v) is 4.74. The van der Waals surface area contributed by atoms with E-state index in [2.05, 4.69) is 10.4 Å². The first-order chi connectivity index (χ1) is 10.7. The van der Waals surface area contributed by atoms with E-state index in [1.165, 1.54) is 16.2 Å². The van der Waals surface area contributed by atoms with Crippen LogP contribution in [0.15, 0.2) is 24.3 Å². The van der Waals surface area contributed by atoms with Gasteiger partial charge in [-0.05, 0) is 36.5 Å². The predicted molar refractivity (Wildman–Crippen MR) is 88.7 cm³/mol. The average molecular weight is 339 g/mol. The molecule has 22 heavy (non-hydrogen) atoms. The number of nitrogens with one attached hydrogen (secondary N) is 2. The molecule has 0 unspecified atom stereocenters. The molecule has 0 atom stereocenters. The summed E-state index contributed by atoms with van der Waals surface area (Å²) in [5.74, 6) is 0.833. The van der Waals surface area contributed by atoms with Gasteiger partial charge < -0.3 is 19.7 Å². The summed E-state index contributed by atoms with van der Waals surface area (Å²) in [7, 11) is 1.66. The Balaban J connectivity index is 1.67. The van der Waals surface area contributed by atoms with Crippen LogP contribution >= 0.6 is 23.6 Å². The van der Waals surface area contributed by atoms with Crippen molar-refractivity contribution < 1.29 is 14.4 Å². The highest BCUT2D eigenvalue weighted by atomic mass is 32.1. The Kier molecular flexibility index (Phi) is 5.04. The Bertz CT molecular complexity index is 662. The lowest BCUT2D eigenvalue weighted by Gasteiger charge is -2.23. The number of morpholine rings is 1. The molecule has 0 amide bonds. The highest BCUT2D eigenvalue weighted by Crippen LogP contribution is 2.22. The van der Waals surface area contributed by atoms with Crippen molar-refractivity contribution in [3.8, 4) is 5.75 Å². The maximum atomic E-state index is 5.41. The molecule has 1 saturated heterocycles. The van der Waals surface area contributed by atoms with Crippen LogP contribution in [-0.4, -0.2) is 43.2 Å². The zero-order valence-corrected chi connectivity index (χ0v) is 14.0. The fraction of sp³-hybridized carbons (Fsp3) is 0.429. The van der Waals surface area contributed by atoms with Crippen molar-refractivity contribution >= 4 is 34.4 Å². The lowest BCUT2D eigenvalue weighted by atomic mass is 10.3. The molecular weight excluding hydrogens is 320 g/mol. The van der Waals surface area contributed by atoms with Gasteiger partial charge in [-0.25, -0.2) is 0 Å². The Labute approximate surface area is 138 Å². The summed E-state index contributed by atoms with van der Waals surface area (Å²) in [5.41, 5.74) is 0.968. The Hall–Kier alpha value is -1.48. The molecule has 118 valence electrons. The lowest BCUT2D eigenvalue weighted by molar-refractivity contribution is -0.930. The van der Waals surface area contributed by atoms with E-state index in [1.54, 1.807) is 7.11 Å². The van der Waals surface area contributed by atoms with Gasteiger partial charge in [-0.1, -0.05) is 11.3 Å². The van der Waals surface area contributed by atoms with Crippen molar-refractivity contribution in [1.82, 2.24) is 9.78 Å². The second-order valence-corrected chi connectivity index (χ2v) is 6.67.